The van der Waals surface area contributed by atoms with Gasteiger partial charge < -0.3 is 15.0 Å². The average Bonchev–Trinajstić information content (AvgIpc) is 2.65. The molecule has 0 fully saturated rings. The van der Waals surface area contributed by atoms with Gasteiger partial charge in [0.15, 0.2) is 5.65 Å². The van der Waals surface area contributed by atoms with Gasteiger partial charge in [-0.25, -0.2) is 4.98 Å². The first kappa shape index (κ1) is 19.8. The number of imidazole rings is 1. The predicted molar refractivity (Wildman–Crippen MR) is 109 cm³/mol. The van der Waals surface area contributed by atoms with E-state index >= 15 is 0 Å². The number of aromatic nitrogens is 2. The minimum absolute atomic E-state index is 0.0654. The monoisotopic (exact) mass is 664 g/mol. The number of nitrogens with two attached hydrogens (primary N) is 1. The Labute approximate surface area is 162 Å². The van der Waals surface area contributed by atoms with Crippen molar-refractivity contribution in [3.05, 3.63) is 29.2 Å². The number of anilines is 1. The zero-order chi connectivity index (χ0) is 16.3. The fourth-order valence-electron chi connectivity index (χ4n) is 1.77. The molecule has 0 aliphatic heterocycles. The third-order valence-corrected chi connectivity index (χ3v) is 2.88. The first-order valence-corrected chi connectivity index (χ1v) is 19.4. The molecule has 2 aromatic rings. The van der Waals surface area contributed by atoms with Gasteiger partial charge in [-0.15, -0.1) is 0 Å². The van der Waals surface area contributed by atoms with Crippen LogP contribution in [0.15, 0.2) is 12.3 Å². The summed E-state index contributed by atoms with van der Waals surface area (Å²) >= 11 is 7.39. The van der Waals surface area contributed by atoms with Crippen LogP contribution < -0.4 is 5.73 Å². The molecule has 0 radical (unpaired) electrons. The number of amides is 1. The average molecular weight is 664 g/mol. The number of hydrogen-bond donors (Lipinski definition) is 1. The van der Waals surface area contributed by atoms with E-state index in [4.69, 9.17) is 5.73 Å². The number of nitrogens with zero attached hydrogens (tertiary/aromatic N) is 3. The molecule has 1 amide bonds. The summed E-state index contributed by atoms with van der Waals surface area (Å²) in [5.74, 6) is -0.0654. The molecule has 9 heteroatoms. The van der Waals surface area contributed by atoms with E-state index in [9.17, 15) is 4.79 Å². The molecule has 0 aromatic carbocycles. The third kappa shape index (κ3) is 5.39. The fourth-order valence-corrected chi connectivity index (χ4v) is 1.77. The summed E-state index contributed by atoms with van der Waals surface area (Å²) in [6.07, 6.45) is 1.78. The van der Waals surface area contributed by atoms with Crippen LogP contribution in [-0.4, -0.2) is 34.3 Å². The fraction of sp³-hybridized carbons (Fsp3) is 0.333. The number of pyridine rings is 1. The van der Waals surface area contributed by atoms with Crippen LogP contribution in [0.4, 0.5) is 5.69 Å². The van der Waals surface area contributed by atoms with Gasteiger partial charge in [0.25, 0.3) is 5.91 Å². The molecule has 0 aliphatic rings. The summed E-state index contributed by atoms with van der Waals surface area (Å²) < 4.78 is 1.86. The molecule has 116 valence electrons. The number of nitrogen functional groups attached to an aromatic ring is 1. The zero-order valence-electron chi connectivity index (χ0n) is 12.1. The maximum absolute atomic E-state index is 11.9. The van der Waals surface area contributed by atoms with E-state index in [2.05, 4.69) is 64.9 Å². The first-order chi connectivity index (χ1) is 9.65. The number of fused-ring (bicyclic) bond motifs is 1. The molecule has 21 heavy (non-hydrogen) atoms. The number of carbonyl (C=O) groups excluding carboxylic acids is 1. The summed E-state index contributed by atoms with van der Waals surface area (Å²) in [5, 5.41) is 0. The van der Waals surface area contributed by atoms with Gasteiger partial charge in [0.05, 0.1) is 16.9 Å². The summed E-state index contributed by atoms with van der Waals surface area (Å²) in [5.41, 5.74) is 9.64. The Bertz CT molecular complexity index is 655. The predicted octanol–water partition coefficient (Wildman–Crippen LogP) is 3.89. The number of halogens is 3. The zero-order valence-corrected chi connectivity index (χ0v) is 19.9. The van der Waals surface area contributed by atoms with Crippen LogP contribution in [0.5, 0.6) is 0 Å². The van der Waals surface area contributed by atoms with Crippen LogP contribution in [0.3, 0.4) is 0 Å². The first-order valence-electron chi connectivity index (χ1n) is 5.89. The molecule has 0 atom stereocenters. The number of carbonyl (C=O) groups is 1. The van der Waals surface area contributed by atoms with Gasteiger partial charge in [0.1, 0.15) is 0 Å². The molecule has 0 spiro atoms. The Morgan fingerprint density at radius 2 is 1.86 bits per heavy atom. The van der Waals surface area contributed by atoms with E-state index in [-0.39, 0.29) is 10.8 Å². The topological polar surface area (TPSA) is 63.6 Å². The summed E-state index contributed by atoms with van der Waals surface area (Å²) in [6.45, 7) is 3.88. The molecule has 0 saturated carbocycles. The van der Waals surface area contributed by atoms with Crippen LogP contribution >= 0.6 is 59.9 Å². The number of rotatable bonds is 1. The Balaban J connectivity index is 0.000000491. The molecule has 2 heterocycles. The van der Waals surface area contributed by atoms with Crippen molar-refractivity contribution < 1.29 is 9.72 Å². The molecule has 0 unspecified atom stereocenters. The standard InChI is InChI=1S/C12H16N4O.3HI.V/c1-7-8(2)16-6-9(12(17)15(3)4)5-10(13)11(16)14-7;;;;/h5-6H,13H2,1-4H3;3*1H;/q;;;;+3/p-3. The van der Waals surface area contributed by atoms with Gasteiger partial charge in [-0.1, -0.05) is 0 Å². The molecule has 0 bridgehead atoms. The van der Waals surface area contributed by atoms with Gasteiger partial charge >= 0.3 is 64.9 Å². The molecule has 5 nitrogen and oxygen atoms in total. The third-order valence-electron chi connectivity index (χ3n) is 2.88. The van der Waals surface area contributed by atoms with E-state index in [1.165, 1.54) is 4.90 Å². The van der Waals surface area contributed by atoms with Crippen molar-refractivity contribution in [3.63, 3.8) is 0 Å². The Hall–Kier alpha value is 0.734. The molecule has 2 N–H and O–H groups in total. The van der Waals surface area contributed by atoms with Crippen molar-refractivity contribution in [3.8, 4) is 0 Å². The van der Waals surface area contributed by atoms with E-state index in [0.29, 0.717) is 16.9 Å². The van der Waals surface area contributed by atoms with Crippen molar-refractivity contribution in [1.82, 2.24) is 14.3 Å². The van der Waals surface area contributed by atoms with E-state index in [0.717, 1.165) is 11.4 Å². The quantitative estimate of drug-likeness (QED) is 0.472. The van der Waals surface area contributed by atoms with Crippen LogP contribution in [-0.2, 0) is 4.92 Å². The van der Waals surface area contributed by atoms with Gasteiger partial charge in [0, 0.05) is 26.0 Å². The van der Waals surface area contributed by atoms with Crippen molar-refractivity contribution in [2.24, 2.45) is 0 Å². The molecule has 2 rings (SSSR count). The summed E-state index contributed by atoms with van der Waals surface area (Å²) in [6, 6.07) is 1.67. The van der Waals surface area contributed by atoms with E-state index in [1.54, 1.807) is 26.4 Å². The van der Waals surface area contributed by atoms with Crippen LogP contribution in [0, 0.1) is 13.8 Å². The van der Waals surface area contributed by atoms with Gasteiger partial charge in [-0.05, 0) is 19.9 Å². The Morgan fingerprint density at radius 1 is 1.33 bits per heavy atom. The molecule has 2 aromatic heterocycles. The second-order valence-electron chi connectivity index (χ2n) is 4.55. The molecule has 0 saturated heterocycles. The van der Waals surface area contributed by atoms with Crippen molar-refractivity contribution in [1.29, 1.82) is 0 Å². The Morgan fingerprint density at radius 3 is 2.33 bits per heavy atom. The maximum atomic E-state index is 11.9. The van der Waals surface area contributed by atoms with Gasteiger partial charge in [0.2, 0.25) is 0 Å². The van der Waals surface area contributed by atoms with Gasteiger partial charge in [-0.3, -0.25) is 4.79 Å². The van der Waals surface area contributed by atoms with E-state index in [1.807, 2.05) is 18.2 Å². The van der Waals surface area contributed by atoms with E-state index < -0.39 is 0 Å². The van der Waals surface area contributed by atoms with Crippen LogP contribution in [0.1, 0.15) is 21.7 Å². The van der Waals surface area contributed by atoms with Crippen LogP contribution in [0.25, 0.3) is 5.65 Å². The SMILES string of the molecule is Cc1nc2c(N)cc(C(=O)N(C)C)cn2c1C.[I][V]([I])[I]. The van der Waals surface area contributed by atoms with Crippen molar-refractivity contribution >= 4 is 77.2 Å². The Kier molecular flexibility index (Phi) is 8.05. The van der Waals surface area contributed by atoms with Crippen molar-refractivity contribution in [2.75, 3.05) is 19.8 Å². The summed E-state index contributed by atoms with van der Waals surface area (Å²) in [7, 11) is 3.43. The summed E-state index contributed by atoms with van der Waals surface area (Å²) in [4.78, 5) is 17.5. The normalized spacial score (nSPS) is 10.5. The molecular formula is C12H16I3N4OV. The molecular weight excluding hydrogens is 648 g/mol. The molecule has 0 aliphatic carbocycles. The minimum atomic E-state index is -0.278. The van der Waals surface area contributed by atoms with Crippen LogP contribution in [0.2, 0.25) is 0 Å². The second-order valence-corrected chi connectivity index (χ2v) is 39.9. The number of aryl methyl sites for hydroxylation is 2. The van der Waals surface area contributed by atoms with Crippen molar-refractivity contribution in [2.45, 2.75) is 13.8 Å². The number of hydrogen-bond acceptors (Lipinski definition) is 3. The second kappa shape index (κ2) is 8.55. The van der Waals surface area contributed by atoms with Gasteiger partial charge in [-0.2, -0.15) is 0 Å².